The summed E-state index contributed by atoms with van der Waals surface area (Å²) in [4.78, 5) is 12.6. The lowest BCUT2D eigenvalue weighted by molar-refractivity contribution is -0.145. The summed E-state index contributed by atoms with van der Waals surface area (Å²) in [5.41, 5.74) is 5.29. The maximum atomic E-state index is 13.2. The van der Waals surface area contributed by atoms with Crippen LogP contribution in [0, 0.1) is 0 Å². The molecule has 0 bridgehead atoms. The Kier molecular flexibility index (Phi) is 5.20. The minimum absolute atomic E-state index is 0.0621. The zero-order chi connectivity index (χ0) is 19.8. The van der Waals surface area contributed by atoms with Crippen molar-refractivity contribution in [1.29, 1.82) is 0 Å². The first kappa shape index (κ1) is 19.7. The van der Waals surface area contributed by atoms with Gasteiger partial charge in [-0.2, -0.15) is 0 Å². The molecule has 3 rings (SSSR count). The molecule has 0 spiro atoms. The van der Waals surface area contributed by atoms with Gasteiger partial charge < -0.3 is 15.2 Å². The van der Waals surface area contributed by atoms with E-state index in [0.717, 1.165) is 0 Å². The minimum atomic E-state index is -3.88. The van der Waals surface area contributed by atoms with Gasteiger partial charge in [0.1, 0.15) is 16.5 Å². The summed E-state index contributed by atoms with van der Waals surface area (Å²) in [5, 5.41) is -0.709. The van der Waals surface area contributed by atoms with Crippen LogP contribution in [0.15, 0.2) is 53.4 Å². The second-order valence-electron chi connectivity index (χ2n) is 6.32. The largest absolute Gasteiger partial charge is 0.497 e. The van der Waals surface area contributed by atoms with Crippen LogP contribution in [0.5, 0.6) is 5.75 Å². The Morgan fingerprint density at radius 1 is 1.15 bits per heavy atom. The highest BCUT2D eigenvalue weighted by Gasteiger charge is 2.74. The molecule has 144 valence electrons. The molecule has 27 heavy (non-hydrogen) atoms. The highest BCUT2D eigenvalue weighted by molar-refractivity contribution is 7.92. The van der Waals surface area contributed by atoms with Crippen LogP contribution in [0.25, 0.3) is 0 Å². The molecule has 0 heterocycles. The number of nitrogens with two attached hydrogens (primary N) is 1. The van der Waals surface area contributed by atoms with E-state index in [9.17, 15) is 13.2 Å². The number of benzene rings is 2. The van der Waals surface area contributed by atoms with Gasteiger partial charge in [0, 0.05) is 10.9 Å². The molecule has 0 amide bonds. The normalized spacial score (nSPS) is 24.3. The fourth-order valence-electron chi connectivity index (χ4n) is 3.34. The number of hydrogen-bond acceptors (Lipinski definition) is 6. The quantitative estimate of drug-likeness (QED) is 0.736. The summed E-state index contributed by atoms with van der Waals surface area (Å²) >= 11 is 5.85. The van der Waals surface area contributed by atoms with E-state index < -0.39 is 32.5 Å². The van der Waals surface area contributed by atoms with Gasteiger partial charge in [-0.05, 0) is 48.9 Å². The van der Waals surface area contributed by atoms with Crippen LogP contribution in [-0.2, 0) is 19.4 Å². The van der Waals surface area contributed by atoms with Gasteiger partial charge in [0.05, 0.1) is 18.6 Å². The van der Waals surface area contributed by atoms with E-state index in [1.165, 1.54) is 31.4 Å². The zero-order valence-corrected chi connectivity index (χ0v) is 16.5. The molecule has 6 nitrogen and oxygen atoms in total. The van der Waals surface area contributed by atoms with Gasteiger partial charge in [0.15, 0.2) is 9.84 Å². The van der Waals surface area contributed by atoms with Gasteiger partial charge in [0.25, 0.3) is 0 Å². The first-order chi connectivity index (χ1) is 12.8. The van der Waals surface area contributed by atoms with Crippen molar-refractivity contribution >= 4 is 27.4 Å². The number of carbonyl (C=O) groups is 1. The number of hydrogen-bond donors (Lipinski definition) is 1. The maximum Gasteiger partial charge on any atom is 0.328 e. The number of sulfone groups is 1. The Labute approximate surface area is 163 Å². The highest BCUT2D eigenvalue weighted by atomic mass is 35.5. The minimum Gasteiger partial charge on any atom is -0.497 e. The molecular formula is C19H20ClNO5S. The van der Waals surface area contributed by atoms with Crippen molar-refractivity contribution in [2.45, 2.75) is 28.5 Å². The summed E-state index contributed by atoms with van der Waals surface area (Å²) in [6, 6.07) is 12.6. The third kappa shape index (κ3) is 3.31. The van der Waals surface area contributed by atoms with Crippen LogP contribution in [-0.4, -0.2) is 38.9 Å². The van der Waals surface area contributed by atoms with Crippen LogP contribution < -0.4 is 10.5 Å². The van der Waals surface area contributed by atoms with Crippen molar-refractivity contribution in [3.8, 4) is 5.75 Å². The SMILES string of the molecule is CCOC(=O)[C@]1(N)[C@@H](c2ccc(OC)cc2)[C@@H]1S(=O)(=O)c1ccc(Cl)cc1. The molecule has 1 aliphatic carbocycles. The van der Waals surface area contributed by atoms with Crippen molar-refractivity contribution in [1.82, 2.24) is 0 Å². The van der Waals surface area contributed by atoms with E-state index in [1.807, 2.05) is 0 Å². The summed E-state index contributed by atoms with van der Waals surface area (Å²) in [7, 11) is -2.35. The van der Waals surface area contributed by atoms with Crippen LogP contribution in [0.2, 0.25) is 5.02 Å². The number of halogens is 1. The van der Waals surface area contributed by atoms with Crippen molar-refractivity contribution in [2.24, 2.45) is 5.73 Å². The highest BCUT2D eigenvalue weighted by Crippen LogP contribution is 2.56. The molecule has 1 fully saturated rings. The number of ether oxygens (including phenoxy) is 2. The fourth-order valence-corrected chi connectivity index (χ4v) is 5.70. The first-order valence-corrected chi connectivity index (χ1v) is 10.3. The molecule has 2 aromatic rings. The smallest absolute Gasteiger partial charge is 0.328 e. The molecule has 0 saturated heterocycles. The average molecular weight is 410 g/mol. The van der Waals surface area contributed by atoms with E-state index in [4.69, 9.17) is 26.8 Å². The van der Waals surface area contributed by atoms with E-state index in [2.05, 4.69) is 0 Å². The lowest BCUT2D eigenvalue weighted by Gasteiger charge is -2.11. The Morgan fingerprint density at radius 3 is 2.26 bits per heavy atom. The summed E-state index contributed by atoms with van der Waals surface area (Å²) in [6.45, 7) is 1.76. The zero-order valence-electron chi connectivity index (χ0n) is 14.9. The lowest BCUT2D eigenvalue weighted by atomic mass is 10.1. The topological polar surface area (TPSA) is 95.7 Å². The third-order valence-electron chi connectivity index (χ3n) is 4.76. The van der Waals surface area contributed by atoms with Crippen LogP contribution in [0.3, 0.4) is 0 Å². The standard InChI is InChI=1S/C19H20ClNO5S/c1-3-26-18(22)19(21)16(12-4-8-14(25-2)9-5-12)17(19)27(23,24)15-10-6-13(20)7-11-15/h4-11,16-17H,3,21H2,1-2H3/t16-,17-,19-/m0/s1. The molecule has 0 aliphatic heterocycles. The average Bonchev–Trinajstić information content (AvgIpc) is 3.31. The summed E-state index contributed by atoms with van der Waals surface area (Å²) in [5.74, 6) is -0.827. The van der Waals surface area contributed by atoms with Crippen LogP contribution >= 0.6 is 11.6 Å². The Balaban J connectivity index is 2.04. The number of carbonyl (C=O) groups excluding carboxylic acids is 1. The number of rotatable bonds is 6. The van der Waals surface area contributed by atoms with E-state index in [0.29, 0.717) is 16.3 Å². The van der Waals surface area contributed by atoms with Gasteiger partial charge in [-0.25, -0.2) is 13.2 Å². The molecule has 3 atom stereocenters. The molecule has 1 aliphatic rings. The van der Waals surface area contributed by atoms with Gasteiger partial charge in [-0.15, -0.1) is 0 Å². The van der Waals surface area contributed by atoms with Crippen molar-refractivity contribution in [2.75, 3.05) is 13.7 Å². The molecule has 2 N–H and O–H groups in total. The number of methoxy groups -OCH3 is 1. The van der Waals surface area contributed by atoms with E-state index in [-0.39, 0.29) is 11.5 Å². The van der Waals surface area contributed by atoms with Gasteiger partial charge in [-0.1, -0.05) is 23.7 Å². The molecule has 0 aromatic heterocycles. The van der Waals surface area contributed by atoms with Crippen molar-refractivity contribution in [3.05, 3.63) is 59.1 Å². The molecule has 8 heteroatoms. The van der Waals surface area contributed by atoms with Crippen molar-refractivity contribution in [3.63, 3.8) is 0 Å². The van der Waals surface area contributed by atoms with E-state index in [1.54, 1.807) is 31.2 Å². The second-order valence-corrected chi connectivity index (χ2v) is 8.83. The molecule has 2 aromatic carbocycles. The fraction of sp³-hybridized carbons (Fsp3) is 0.316. The maximum absolute atomic E-state index is 13.2. The summed E-state index contributed by atoms with van der Waals surface area (Å²) in [6.07, 6.45) is 0. The monoisotopic (exact) mass is 409 g/mol. The Morgan fingerprint density at radius 2 is 1.74 bits per heavy atom. The summed E-state index contributed by atoms with van der Waals surface area (Å²) < 4.78 is 36.6. The molecule has 0 radical (unpaired) electrons. The molecule has 1 saturated carbocycles. The Bertz CT molecular complexity index is 943. The van der Waals surface area contributed by atoms with Crippen molar-refractivity contribution < 1.29 is 22.7 Å². The predicted molar refractivity (Wildman–Crippen MR) is 102 cm³/mol. The lowest BCUT2D eigenvalue weighted by Crippen LogP contribution is -2.41. The van der Waals surface area contributed by atoms with Gasteiger partial charge in [-0.3, -0.25) is 0 Å². The first-order valence-electron chi connectivity index (χ1n) is 8.36. The van der Waals surface area contributed by atoms with Gasteiger partial charge in [0.2, 0.25) is 0 Å². The number of esters is 1. The second kappa shape index (κ2) is 7.14. The third-order valence-corrected chi connectivity index (χ3v) is 7.27. The van der Waals surface area contributed by atoms with Crippen LogP contribution in [0.4, 0.5) is 0 Å². The van der Waals surface area contributed by atoms with E-state index >= 15 is 0 Å². The van der Waals surface area contributed by atoms with Crippen LogP contribution in [0.1, 0.15) is 18.4 Å². The Hall–Kier alpha value is -2.09. The molecular weight excluding hydrogens is 390 g/mol. The van der Waals surface area contributed by atoms with Gasteiger partial charge >= 0.3 is 5.97 Å². The molecule has 0 unspecified atom stereocenters. The predicted octanol–water partition coefficient (Wildman–Crippen LogP) is 2.55.